The molecule has 1 unspecified atom stereocenters. The van der Waals surface area contributed by atoms with Crippen LogP contribution in [0.15, 0.2) is 41.1 Å². The number of anilines is 1. The summed E-state index contributed by atoms with van der Waals surface area (Å²) in [5.41, 5.74) is 3.73. The Hall–Kier alpha value is -3.99. The quantitative estimate of drug-likeness (QED) is 0.224. The molecule has 7 rings (SSSR count). The highest BCUT2D eigenvalue weighted by Crippen LogP contribution is 2.41. The maximum Gasteiger partial charge on any atom is 0.410 e. The number of aromatic nitrogens is 3. The van der Waals surface area contributed by atoms with Crippen LogP contribution in [0.3, 0.4) is 0 Å². The van der Waals surface area contributed by atoms with Crippen LogP contribution in [0, 0.1) is 18.8 Å². The maximum absolute atomic E-state index is 14.5. The number of carbonyl (C=O) groups excluding carboxylic acids is 2. The first-order valence-corrected chi connectivity index (χ1v) is 18.6. The minimum atomic E-state index is -0.222. The molecule has 3 aromatic heterocycles. The fourth-order valence-electron chi connectivity index (χ4n) is 8.06. The van der Waals surface area contributed by atoms with E-state index in [9.17, 15) is 9.59 Å². The first kappa shape index (κ1) is 34.5. The smallest absolute Gasteiger partial charge is 0.410 e. The highest BCUT2D eigenvalue weighted by Gasteiger charge is 2.36. The highest BCUT2D eigenvalue weighted by atomic mass is 16.6. The van der Waals surface area contributed by atoms with Crippen LogP contribution in [-0.2, 0) is 9.53 Å². The van der Waals surface area contributed by atoms with Crippen molar-refractivity contribution in [2.24, 2.45) is 11.8 Å². The molecular formula is C39H52N6O5. The van der Waals surface area contributed by atoms with E-state index in [-0.39, 0.29) is 24.0 Å². The van der Waals surface area contributed by atoms with Crippen LogP contribution in [-0.4, -0.2) is 89.7 Å². The van der Waals surface area contributed by atoms with Crippen LogP contribution in [0.4, 0.5) is 10.6 Å². The number of oxazole rings is 1. The summed E-state index contributed by atoms with van der Waals surface area (Å²) in [6, 6.07) is 8.42. The van der Waals surface area contributed by atoms with E-state index in [2.05, 4.69) is 25.1 Å². The average molecular weight is 685 g/mol. The van der Waals surface area contributed by atoms with E-state index in [1.807, 2.05) is 34.9 Å². The molecule has 4 fully saturated rings. The zero-order chi connectivity index (χ0) is 34.8. The lowest BCUT2D eigenvalue weighted by molar-refractivity contribution is -0.124. The molecule has 3 aliphatic carbocycles. The van der Waals surface area contributed by atoms with Crippen molar-refractivity contribution in [1.29, 1.82) is 0 Å². The summed E-state index contributed by atoms with van der Waals surface area (Å²) in [6.45, 7) is 4.05. The highest BCUT2D eigenvalue weighted by molar-refractivity contribution is 5.94. The second-order valence-electron chi connectivity index (χ2n) is 15.1. The van der Waals surface area contributed by atoms with Crippen LogP contribution in [0.25, 0.3) is 11.3 Å². The van der Waals surface area contributed by atoms with Crippen molar-refractivity contribution < 1.29 is 23.5 Å². The number of nitrogens with zero attached hydrogens (tertiary/aromatic N) is 6. The van der Waals surface area contributed by atoms with Crippen LogP contribution in [0.5, 0.6) is 5.75 Å². The molecule has 11 nitrogen and oxygen atoms in total. The molecule has 4 aliphatic rings. The van der Waals surface area contributed by atoms with Gasteiger partial charge in [0.05, 0.1) is 12.8 Å². The number of rotatable bonds is 10. The van der Waals surface area contributed by atoms with E-state index in [4.69, 9.17) is 28.8 Å². The summed E-state index contributed by atoms with van der Waals surface area (Å²) >= 11 is 0. The molecule has 1 aliphatic heterocycles. The normalized spacial score (nSPS) is 25.5. The Kier molecular flexibility index (Phi) is 10.4. The van der Waals surface area contributed by atoms with Crippen molar-refractivity contribution in [3.8, 4) is 17.0 Å². The molecule has 0 spiro atoms. The largest absolute Gasteiger partial charge is 0.495 e. The van der Waals surface area contributed by atoms with Gasteiger partial charge in [0, 0.05) is 60.9 Å². The van der Waals surface area contributed by atoms with Gasteiger partial charge in [-0.05, 0) is 122 Å². The fraction of sp³-hybridized carbons (Fsp3) is 0.615. The molecule has 0 radical (unpaired) electrons. The van der Waals surface area contributed by atoms with E-state index in [1.165, 1.54) is 0 Å². The van der Waals surface area contributed by atoms with Crippen LogP contribution in [0.1, 0.15) is 99.7 Å². The summed E-state index contributed by atoms with van der Waals surface area (Å²) in [5.74, 6) is 3.43. The predicted molar refractivity (Wildman–Crippen MR) is 190 cm³/mol. The van der Waals surface area contributed by atoms with Gasteiger partial charge in [0.25, 0.3) is 0 Å². The number of ether oxygens (including phenoxy) is 2. The minimum Gasteiger partial charge on any atom is -0.495 e. The zero-order valence-corrected chi connectivity index (χ0v) is 30.1. The summed E-state index contributed by atoms with van der Waals surface area (Å²) in [5, 5.41) is 0. The Morgan fingerprint density at radius 2 is 1.70 bits per heavy atom. The van der Waals surface area contributed by atoms with Crippen molar-refractivity contribution in [1.82, 2.24) is 24.8 Å². The summed E-state index contributed by atoms with van der Waals surface area (Å²) in [4.78, 5) is 47.7. The molecule has 0 bridgehead atoms. The van der Waals surface area contributed by atoms with Crippen LogP contribution >= 0.6 is 0 Å². The van der Waals surface area contributed by atoms with E-state index in [1.54, 1.807) is 19.6 Å². The zero-order valence-electron chi connectivity index (χ0n) is 30.1. The Labute approximate surface area is 295 Å². The average Bonchev–Trinajstić information content (AvgIpc) is 3.63. The van der Waals surface area contributed by atoms with Crippen molar-refractivity contribution in [3.05, 3.63) is 54.0 Å². The number of hydrogen-bond acceptors (Lipinski definition) is 9. The molecule has 0 N–H and O–H groups in total. The third-order valence-corrected chi connectivity index (χ3v) is 11.5. The van der Waals surface area contributed by atoms with Gasteiger partial charge in [0.2, 0.25) is 5.91 Å². The van der Waals surface area contributed by atoms with Crippen molar-refractivity contribution in [3.63, 3.8) is 0 Å². The molecular weight excluding hydrogens is 632 g/mol. The number of pyridine rings is 2. The standard InChI is InChI=1S/C39H52N6O5/c1-25-35(48-4)16-15-33(41-25)27-7-5-26(6-8-27)22-45(36-21-30(17-19-40-36)34-24-49-37(42-34)28-9-10-28)38(46)29-11-13-32(14-12-29)50-39(47)44-20-18-31(23-44)43(2)3/h15-17,19,21,24,26-29,31-32H,5-14,18,20,22-23H2,1-4H3. The second-order valence-corrected chi connectivity index (χ2v) is 15.1. The number of methoxy groups -OCH3 is 1. The van der Waals surface area contributed by atoms with Crippen molar-refractivity contribution >= 4 is 17.8 Å². The van der Waals surface area contributed by atoms with Gasteiger partial charge in [-0.3, -0.25) is 14.7 Å². The first-order valence-electron chi connectivity index (χ1n) is 18.6. The molecule has 1 saturated heterocycles. The Morgan fingerprint density at radius 3 is 2.38 bits per heavy atom. The Morgan fingerprint density at radius 1 is 0.940 bits per heavy atom. The number of amides is 2. The van der Waals surface area contributed by atoms with Gasteiger partial charge in [-0.15, -0.1) is 0 Å². The Balaban J connectivity index is 1.02. The van der Waals surface area contributed by atoms with E-state index in [0.717, 1.165) is 85.8 Å². The second kappa shape index (κ2) is 15.1. The number of carbonyl (C=O) groups is 2. The van der Waals surface area contributed by atoms with Gasteiger partial charge < -0.3 is 23.7 Å². The molecule has 50 heavy (non-hydrogen) atoms. The van der Waals surface area contributed by atoms with E-state index < -0.39 is 0 Å². The monoisotopic (exact) mass is 684 g/mol. The Bertz CT molecular complexity index is 1640. The van der Waals surface area contributed by atoms with Gasteiger partial charge in [-0.25, -0.2) is 14.8 Å². The number of likely N-dealkylation sites (N-methyl/N-ethyl adjacent to an activating group) is 1. The topological polar surface area (TPSA) is 114 Å². The van der Waals surface area contributed by atoms with Gasteiger partial charge in [-0.1, -0.05) is 0 Å². The van der Waals surface area contributed by atoms with E-state index >= 15 is 0 Å². The third-order valence-electron chi connectivity index (χ3n) is 11.5. The van der Waals surface area contributed by atoms with Gasteiger partial charge in [0.15, 0.2) is 5.89 Å². The lowest BCUT2D eigenvalue weighted by atomic mass is 9.79. The van der Waals surface area contributed by atoms with Crippen LogP contribution in [0.2, 0.25) is 0 Å². The maximum atomic E-state index is 14.5. The first-order chi connectivity index (χ1) is 24.2. The molecule has 3 aromatic rings. The fourth-order valence-corrected chi connectivity index (χ4v) is 8.06. The number of hydrogen-bond donors (Lipinski definition) is 0. The number of aryl methyl sites for hydroxylation is 1. The van der Waals surface area contributed by atoms with Gasteiger partial charge in [0.1, 0.15) is 29.6 Å². The molecule has 2 amide bonds. The minimum absolute atomic E-state index is 0.112. The summed E-state index contributed by atoms with van der Waals surface area (Å²) in [6.07, 6.45) is 13.2. The molecule has 11 heteroatoms. The lowest BCUT2D eigenvalue weighted by Crippen LogP contribution is -2.43. The SMILES string of the molecule is COc1ccc(C2CCC(CN(C(=O)C3CCC(OC(=O)N4CCC(N(C)C)C4)CC3)c3cc(-c4coc(C5CC5)n4)ccn3)CC2)nc1C. The molecule has 268 valence electrons. The van der Waals surface area contributed by atoms with Crippen molar-refractivity contribution in [2.45, 2.75) is 102 Å². The summed E-state index contributed by atoms with van der Waals surface area (Å²) in [7, 11) is 5.79. The van der Waals surface area contributed by atoms with Gasteiger partial charge in [-0.2, -0.15) is 0 Å². The molecule has 1 atom stereocenters. The molecule has 0 aromatic carbocycles. The van der Waals surface area contributed by atoms with Crippen LogP contribution < -0.4 is 9.64 Å². The molecule has 3 saturated carbocycles. The number of likely N-dealkylation sites (tertiary alicyclic amines) is 1. The van der Waals surface area contributed by atoms with E-state index in [0.29, 0.717) is 68.4 Å². The predicted octanol–water partition coefficient (Wildman–Crippen LogP) is 6.96. The van der Waals surface area contributed by atoms with Crippen molar-refractivity contribution in [2.75, 3.05) is 45.7 Å². The third kappa shape index (κ3) is 7.82. The van der Waals surface area contributed by atoms with Gasteiger partial charge >= 0.3 is 6.09 Å². The molecule has 4 heterocycles. The summed E-state index contributed by atoms with van der Waals surface area (Å²) < 4.78 is 17.2. The lowest BCUT2D eigenvalue weighted by Gasteiger charge is -2.35.